The molecule has 1 N–H and O–H groups in total. The Hall–Kier alpha value is -2.89. The first-order valence-electron chi connectivity index (χ1n) is 10.8. The van der Waals surface area contributed by atoms with Gasteiger partial charge in [0.25, 0.3) is 0 Å². The van der Waals surface area contributed by atoms with Crippen LogP contribution in [0.25, 0.3) is 32.7 Å². The van der Waals surface area contributed by atoms with E-state index in [1.165, 1.54) is 0 Å². The van der Waals surface area contributed by atoms with Crippen molar-refractivity contribution in [2.45, 2.75) is 45.6 Å². The molecule has 0 heterocycles. The van der Waals surface area contributed by atoms with Crippen LogP contribution >= 0.6 is 0 Å². The molecule has 0 radical (unpaired) electrons. The van der Waals surface area contributed by atoms with Crippen LogP contribution in [-0.2, 0) is 10.0 Å². The Morgan fingerprint density at radius 2 is 1.47 bits per heavy atom. The van der Waals surface area contributed by atoms with Crippen LogP contribution in [0.5, 0.6) is 5.75 Å². The molecule has 0 aliphatic carbocycles. The van der Waals surface area contributed by atoms with Gasteiger partial charge in [0.1, 0.15) is 5.75 Å². The summed E-state index contributed by atoms with van der Waals surface area (Å²) in [5.74, 6) is 0.693. The van der Waals surface area contributed by atoms with Crippen molar-refractivity contribution >= 4 is 31.6 Å². The van der Waals surface area contributed by atoms with Gasteiger partial charge in [-0.15, -0.1) is 0 Å². The number of aryl methyl sites for hydroxylation is 3. The number of methoxy groups -OCH3 is 1. The summed E-state index contributed by atoms with van der Waals surface area (Å²) in [5.41, 5.74) is 4.31. The maximum absolute atomic E-state index is 13.6. The van der Waals surface area contributed by atoms with Crippen molar-refractivity contribution in [1.82, 2.24) is 4.72 Å². The van der Waals surface area contributed by atoms with E-state index in [0.717, 1.165) is 38.2 Å². The summed E-state index contributed by atoms with van der Waals surface area (Å²) in [4.78, 5) is 0.302. The van der Waals surface area contributed by atoms with Gasteiger partial charge in [0.2, 0.25) is 10.0 Å². The van der Waals surface area contributed by atoms with Crippen LogP contribution < -0.4 is 9.46 Å². The van der Waals surface area contributed by atoms with E-state index >= 15 is 0 Å². The SMILES string of the molecule is COc1c(C)cc2cc(C)ccc2c1-c1c(S(=O)(=O)NC(C)C)c(C)cc2ccccc12. The summed E-state index contributed by atoms with van der Waals surface area (Å²) in [6, 6.07) is 18.0. The first-order chi connectivity index (χ1) is 15.1. The maximum Gasteiger partial charge on any atom is 0.241 e. The lowest BCUT2D eigenvalue weighted by Gasteiger charge is -2.22. The Kier molecular flexibility index (Phi) is 5.74. The minimum Gasteiger partial charge on any atom is -0.496 e. The third kappa shape index (κ3) is 3.76. The summed E-state index contributed by atoms with van der Waals surface area (Å²) in [5, 5.41) is 3.90. The molecule has 0 unspecified atom stereocenters. The van der Waals surface area contributed by atoms with Crippen LogP contribution in [0.3, 0.4) is 0 Å². The van der Waals surface area contributed by atoms with Crippen LogP contribution in [0.1, 0.15) is 30.5 Å². The van der Waals surface area contributed by atoms with Crippen LogP contribution in [-0.4, -0.2) is 21.6 Å². The zero-order valence-corrected chi connectivity index (χ0v) is 20.2. The topological polar surface area (TPSA) is 55.4 Å². The van der Waals surface area contributed by atoms with E-state index < -0.39 is 10.0 Å². The van der Waals surface area contributed by atoms with Gasteiger partial charge in [-0.25, -0.2) is 13.1 Å². The molecule has 166 valence electrons. The number of hydrogen-bond donors (Lipinski definition) is 1. The van der Waals surface area contributed by atoms with Gasteiger partial charge in [-0.1, -0.05) is 54.1 Å². The molecule has 0 atom stereocenters. The second kappa shape index (κ2) is 8.23. The zero-order valence-electron chi connectivity index (χ0n) is 19.4. The van der Waals surface area contributed by atoms with E-state index in [-0.39, 0.29) is 6.04 Å². The Balaban J connectivity index is 2.28. The first-order valence-corrected chi connectivity index (χ1v) is 12.3. The van der Waals surface area contributed by atoms with Gasteiger partial charge in [-0.3, -0.25) is 0 Å². The Bertz CT molecular complexity index is 1450. The van der Waals surface area contributed by atoms with Crippen molar-refractivity contribution < 1.29 is 13.2 Å². The van der Waals surface area contributed by atoms with Gasteiger partial charge in [0.15, 0.2) is 0 Å². The number of ether oxygens (including phenoxy) is 1. The predicted molar refractivity (Wildman–Crippen MR) is 133 cm³/mol. The van der Waals surface area contributed by atoms with E-state index in [4.69, 9.17) is 4.74 Å². The average Bonchev–Trinajstić information content (AvgIpc) is 2.70. The minimum atomic E-state index is -3.78. The fraction of sp³-hybridized carbons (Fsp3) is 0.259. The summed E-state index contributed by atoms with van der Waals surface area (Å²) < 4.78 is 35.9. The number of hydrogen-bond acceptors (Lipinski definition) is 3. The van der Waals surface area contributed by atoms with Crippen LogP contribution in [0, 0.1) is 20.8 Å². The monoisotopic (exact) mass is 447 g/mol. The molecule has 0 fully saturated rings. The fourth-order valence-electron chi connectivity index (χ4n) is 4.59. The fourth-order valence-corrected chi connectivity index (χ4v) is 6.29. The highest BCUT2D eigenvalue weighted by molar-refractivity contribution is 7.89. The first kappa shape index (κ1) is 22.3. The van der Waals surface area contributed by atoms with Crippen LogP contribution in [0.2, 0.25) is 0 Å². The smallest absolute Gasteiger partial charge is 0.241 e. The largest absolute Gasteiger partial charge is 0.496 e. The standard InChI is InChI=1S/C27H29NO3S/c1-16(2)28-32(29,30)27-19(5)15-20-9-7-8-10-22(20)25(27)24-23-12-11-17(3)13-21(23)14-18(4)26(24)31-6/h7-16,28H,1-6H3. The van der Waals surface area contributed by atoms with Crippen molar-refractivity contribution in [2.24, 2.45) is 0 Å². The van der Waals surface area contributed by atoms with Gasteiger partial charge >= 0.3 is 0 Å². The highest BCUT2D eigenvalue weighted by Crippen LogP contribution is 2.46. The number of rotatable bonds is 5. The lowest BCUT2D eigenvalue weighted by atomic mass is 9.89. The Morgan fingerprint density at radius 3 is 2.16 bits per heavy atom. The second-order valence-electron chi connectivity index (χ2n) is 8.72. The lowest BCUT2D eigenvalue weighted by Crippen LogP contribution is -2.31. The minimum absolute atomic E-state index is 0.225. The molecule has 0 saturated carbocycles. The molecule has 0 aromatic heterocycles. The van der Waals surface area contributed by atoms with Crippen molar-refractivity contribution in [2.75, 3.05) is 7.11 Å². The molecule has 4 aromatic rings. The van der Waals surface area contributed by atoms with E-state index in [9.17, 15) is 8.42 Å². The van der Waals surface area contributed by atoms with Crippen molar-refractivity contribution in [1.29, 1.82) is 0 Å². The van der Waals surface area contributed by atoms with Crippen molar-refractivity contribution in [3.8, 4) is 16.9 Å². The molecule has 4 aromatic carbocycles. The summed E-state index contributed by atoms with van der Waals surface area (Å²) in [6.07, 6.45) is 0. The number of nitrogens with one attached hydrogen (secondary N) is 1. The van der Waals surface area contributed by atoms with Gasteiger partial charge in [-0.05, 0) is 73.4 Å². The number of benzene rings is 4. The Morgan fingerprint density at radius 1 is 0.812 bits per heavy atom. The van der Waals surface area contributed by atoms with Crippen LogP contribution in [0.15, 0.2) is 59.5 Å². The molecule has 5 heteroatoms. The number of sulfonamides is 1. The van der Waals surface area contributed by atoms with Crippen molar-refractivity contribution in [3.05, 3.63) is 71.3 Å². The highest BCUT2D eigenvalue weighted by Gasteiger charge is 2.28. The van der Waals surface area contributed by atoms with E-state index in [0.29, 0.717) is 21.8 Å². The third-order valence-electron chi connectivity index (χ3n) is 5.73. The summed E-state index contributed by atoms with van der Waals surface area (Å²) in [7, 11) is -2.14. The molecule has 0 spiro atoms. The number of fused-ring (bicyclic) bond motifs is 2. The van der Waals surface area contributed by atoms with Gasteiger partial charge in [-0.2, -0.15) is 0 Å². The van der Waals surface area contributed by atoms with Crippen LogP contribution in [0.4, 0.5) is 0 Å². The summed E-state index contributed by atoms with van der Waals surface area (Å²) in [6.45, 7) is 9.59. The van der Waals surface area contributed by atoms with Gasteiger partial charge in [0.05, 0.1) is 12.0 Å². The van der Waals surface area contributed by atoms with E-state index in [2.05, 4.69) is 35.9 Å². The quantitative estimate of drug-likeness (QED) is 0.392. The third-order valence-corrected chi connectivity index (χ3v) is 7.58. The molecule has 0 bridgehead atoms. The van der Waals surface area contributed by atoms with Gasteiger partial charge < -0.3 is 4.74 Å². The molecule has 0 aliphatic heterocycles. The Labute approximate surface area is 190 Å². The average molecular weight is 448 g/mol. The molecule has 0 aliphatic rings. The van der Waals surface area contributed by atoms with Gasteiger partial charge in [0, 0.05) is 17.2 Å². The molecular formula is C27H29NO3S. The predicted octanol–water partition coefficient (Wildman–Crippen LogP) is 6.28. The molecule has 4 rings (SSSR count). The lowest BCUT2D eigenvalue weighted by molar-refractivity contribution is 0.414. The zero-order chi connectivity index (χ0) is 23.2. The van der Waals surface area contributed by atoms with E-state index in [1.807, 2.05) is 58.0 Å². The van der Waals surface area contributed by atoms with E-state index in [1.54, 1.807) is 7.11 Å². The summed E-state index contributed by atoms with van der Waals surface area (Å²) >= 11 is 0. The van der Waals surface area contributed by atoms with Crippen molar-refractivity contribution in [3.63, 3.8) is 0 Å². The molecule has 0 amide bonds. The molecule has 4 nitrogen and oxygen atoms in total. The molecular weight excluding hydrogens is 418 g/mol. The molecule has 32 heavy (non-hydrogen) atoms. The normalized spacial score (nSPS) is 12.1. The molecule has 0 saturated heterocycles. The highest BCUT2D eigenvalue weighted by atomic mass is 32.2. The second-order valence-corrected chi connectivity index (χ2v) is 10.4. The maximum atomic E-state index is 13.6.